The SMILES string of the molecule is CCc1cccc(-c2c(C)cc(C)cc2C)c1C(C)C. The first-order valence-corrected chi connectivity index (χ1v) is 7.65. The maximum absolute atomic E-state index is 2.30. The lowest BCUT2D eigenvalue weighted by atomic mass is 9.84. The molecule has 0 saturated carbocycles. The first-order valence-electron chi connectivity index (χ1n) is 7.65. The lowest BCUT2D eigenvalue weighted by Crippen LogP contribution is -2.01. The highest BCUT2D eigenvalue weighted by Gasteiger charge is 2.15. The fraction of sp³-hybridized carbons (Fsp3) is 0.400. The first kappa shape index (κ1) is 14.8. The maximum Gasteiger partial charge on any atom is -0.0122 e. The zero-order valence-electron chi connectivity index (χ0n) is 13.7. The van der Waals surface area contributed by atoms with E-state index in [1.165, 1.54) is 38.9 Å². The molecule has 0 heterocycles. The summed E-state index contributed by atoms with van der Waals surface area (Å²) in [4.78, 5) is 0. The average molecular weight is 266 g/mol. The van der Waals surface area contributed by atoms with Gasteiger partial charge >= 0.3 is 0 Å². The van der Waals surface area contributed by atoms with Crippen LogP contribution < -0.4 is 0 Å². The van der Waals surface area contributed by atoms with Gasteiger partial charge in [-0.05, 0) is 66.5 Å². The summed E-state index contributed by atoms with van der Waals surface area (Å²) < 4.78 is 0. The third kappa shape index (κ3) is 2.65. The van der Waals surface area contributed by atoms with Gasteiger partial charge in [0.25, 0.3) is 0 Å². The molecule has 0 N–H and O–H groups in total. The van der Waals surface area contributed by atoms with Crippen molar-refractivity contribution in [3.63, 3.8) is 0 Å². The van der Waals surface area contributed by atoms with Crippen molar-refractivity contribution < 1.29 is 0 Å². The first-order chi connectivity index (χ1) is 9.45. The van der Waals surface area contributed by atoms with E-state index < -0.39 is 0 Å². The van der Waals surface area contributed by atoms with Crippen molar-refractivity contribution in [1.29, 1.82) is 0 Å². The normalized spacial score (nSPS) is 11.2. The summed E-state index contributed by atoms with van der Waals surface area (Å²) in [6.45, 7) is 13.5. The van der Waals surface area contributed by atoms with E-state index in [1.807, 2.05) is 0 Å². The van der Waals surface area contributed by atoms with Gasteiger partial charge in [0.05, 0.1) is 0 Å². The Bertz CT molecular complexity index is 595. The highest BCUT2D eigenvalue weighted by Crippen LogP contribution is 2.36. The molecule has 106 valence electrons. The largest absolute Gasteiger partial charge is 0.0614 e. The molecule has 0 bridgehead atoms. The number of aryl methyl sites for hydroxylation is 4. The van der Waals surface area contributed by atoms with Crippen molar-refractivity contribution in [2.24, 2.45) is 0 Å². The number of hydrogen-bond acceptors (Lipinski definition) is 0. The summed E-state index contributed by atoms with van der Waals surface area (Å²) >= 11 is 0. The molecule has 0 aliphatic heterocycles. The van der Waals surface area contributed by atoms with Crippen LogP contribution in [0.3, 0.4) is 0 Å². The number of benzene rings is 2. The van der Waals surface area contributed by atoms with Crippen LogP contribution in [0, 0.1) is 20.8 Å². The molecule has 0 aromatic heterocycles. The molecule has 0 unspecified atom stereocenters. The maximum atomic E-state index is 2.30. The smallest absolute Gasteiger partial charge is 0.0122 e. The lowest BCUT2D eigenvalue weighted by molar-refractivity contribution is 0.846. The quantitative estimate of drug-likeness (QED) is 0.642. The van der Waals surface area contributed by atoms with Crippen LogP contribution in [0.5, 0.6) is 0 Å². The Kier molecular flexibility index (Phi) is 4.32. The minimum atomic E-state index is 0.557. The van der Waals surface area contributed by atoms with E-state index in [0.29, 0.717) is 5.92 Å². The second-order valence-electron chi connectivity index (χ2n) is 6.16. The van der Waals surface area contributed by atoms with E-state index in [4.69, 9.17) is 0 Å². The van der Waals surface area contributed by atoms with E-state index in [-0.39, 0.29) is 0 Å². The topological polar surface area (TPSA) is 0 Å². The summed E-state index contributed by atoms with van der Waals surface area (Å²) in [5, 5.41) is 0. The molecule has 0 amide bonds. The Labute approximate surface area is 123 Å². The van der Waals surface area contributed by atoms with Crippen LogP contribution in [-0.4, -0.2) is 0 Å². The monoisotopic (exact) mass is 266 g/mol. The zero-order valence-corrected chi connectivity index (χ0v) is 13.7. The van der Waals surface area contributed by atoms with Crippen molar-refractivity contribution in [2.75, 3.05) is 0 Å². The summed E-state index contributed by atoms with van der Waals surface area (Å²) in [5.74, 6) is 0.557. The van der Waals surface area contributed by atoms with Crippen LogP contribution in [-0.2, 0) is 6.42 Å². The molecule has 2 rings (SSSR count). The van der Waals surface area contributed by atoms with Gasteiger partial charge in [-0.3, -0.25) is 0 Å². The molecule has 0 aliphatic rings. The highest BCUT2D eigenvalue weighted by molar-refractivity contribution is 5.75. The molecule has 0 radical (unpaired) electrons. The molecule has 0 nitrogen and oxygen atoms in total. The molecule has 0 aliphatic carbocycles. The molecular formula is C20H26. The molecule has 0 fully saturated rings. The number of hydrogen-bond donors (Lipinski definition) is 0. The minimum absolute atomic E-state index is 0.557. The van der Waals surface area contributed by atoms with Gasteiger partial charge in [-0.2, -0.15) is 0 Å². The molecule has 0 saturated heterocycles. The molecule has 20 heavy (non-hydrogen) atoms. The van der Waals surface area contributed by atoms with Crippen molar-refractivity contribution in [2.45, 2.75) is 53.9 Å². The van der Waals surface area contributed by atoms with Gasteiger partial charge in [0.2, 0.25) is 0 Å². The van der Waals surface area contributed by atoms with E-state index >= 15 is 0 Å². The number of rotatable bonds is 3. The Hall–Kier alpha value is -1.56. The Morgan fingerprint density at radius 1 is 0.950 bits per heavy atom. The third-order valence-electron chi connectivity index (χ3n) is 4.10. The summed E-state index contributed by atoms with van der Waals surface area (Å²) in [6, 6.07) is 11.4. The second kappa shape index (κ2) is 5.83. The Morgan fingerprint density at radius 2 is 1.55 bits per heavy atom. The van der Waals surface area contributed by atoms with Crippen LogP contribution in [0.1, 0.15) is 54.5 Å². The zero-order chi connectivity index (χ0) is 14.9. The molecular weight excluding hydrogens is 240 g/mol. The average Bonchev–Trinajstić information content (AvgIpc) is 2.36. The van der Waals surface area contributed by atoms with Gasteiger partial charge in [0.1, 0.15) is 0 Å². The van der Waals surface area contributed by atoms with Crippen molar-refractivity contribution in [3.05, 3.63) is 58.1 Å². The highest BCUT2D eigenvalue weighted by atomic mass is 14.2. The van der Waals surface area contributed by atoms with Gasteiger partial charge in [-0.1, -0.05) is 56.7 Å². The van der Waals surface area contributed by atoms with Gasteiger partial charge in [-0.25, -0.2) is 0 Å². The molecule has 0 heteroatoms. The van der Waals surface area contributed by atoms with Gasteiger partial charge in [0, 0.05) is 0 Å². The molecule has 2 aromatic rings. The summed E-state index contributed by atoms with van der Waals surface area (Å²) in [5.41, 5.74) is 9.97. The fourth-order valence-electron chi connectivity index (χ4n) is 3.43. The van der Waals surface area contributed by atoms with Crippen LogP contribution in [0.25, 0.3) is 11.1 Å². The lowest BCUT2D eigenvalue weighted by Gasteiger charge is -2.20. The summed E-state index contributed by atoms with van der Waals surface area (Å²) in [7, 11) is 0. The van der Waals surface area contributed by atoms with Gasteiger partial charge in [-0.15, -0.1) is 0 Å². The van der Waals surface area contributed by atoms with Crippen LogP contribution in [0.4, 0.5) is 0 Å². The summed E-state index contributed by atoms with van der Waals surface area (Å²) in [6.07, 6.45) is 1.10. The Morgan fingerprint density at radius 3 is 2.05 bits per heavy atom. The third-order valence-corrected chi connectivity index (χ3v) is 4.10. The Balaban J connectivity index is 2.76. The van der Waals surface area contributed by atoms with Gasteiger partial charge in [0.15, 0.2) is 0 Å². The van der Waals surface area contributed by atoms with Gasteiger partial charge < -0.3 is 0 Å². The van der Waals surface area contributed by atoms with Crippen molar-refractivity contribution in [3.8, 4) is 11.1 Å². The van der Waals surface area contributed by atoms with Crippen LogP contribution in [0.15, 0.2) is 30.3 Å². The second-order valence-corrected chi connectivity index (χ2v) is 6.16. The van der Waals surface area contributed by atoms with Crippen molar-refractivity contribution in [1.82, 2.24) is 0 Å². The predicted octanol–water partition coefficient (Wildman–Crippen LogP) is 5.96. The molecule has 0 spiro atoms. The van der Waals surface area contributed by atoms with Crippen LogP contribution >= 0.6 is 0 Å². The van der Waals surface area contributed by atoms with E-state index in [2.05, 4.69) is 71.9 Å². The molecule has 0 atom stereocenters. The van der Waals surface area contributed by atoms with E-state index in [1.54, 1.807) is 0 Å². The molecule has 2 aromatic carbocycles. The van der Waals surface area contributed by atoms with Crippen molar-refractivity contribution >= 4 is 0 Å². The van der Waals surface area contributed by atoms with E-state index in [0.717, 1.165) is 6.42 Å². The minimum Gasteiger partial charge on any atom is -0.0614 e. The van der Waals surface area contributed by atoms with Crippen LogP contribution in [0.2, 0.25) is 0 Å². The standard InChI is InChI=1S/C20H26/c1-7-17-9-8-10-18(19(17)13(2)3)20-15(5)11-14(4)12-16(20)6/h8-13H,7H2,1-6H3. The van der Waals surface area contributed by atoms with E-state index in [9.17, 15) is 0 Å². The fourth-order valence-corrected chi connectivity index (χ4v) is 3.43. The predicted molar refractivity (Wildman–Crippen MR) is 89.6 cm³/mol.